The molecule has 0 atom stereocenters. The van der Waals surface area contributed by atoms with E-state index < -0.39 is 16.0 Å². The maximum Gasteiger partial charge on any atom is 0.354 e. The lowest BCUT2D eigenvalue weighted by Crippen LogP contribution is -2.38. The van der Waals surface area contributed by atoms with Crippen LogP contribution in [0.3, 0.4) is 0 Å². The first-order valence-corrected chi connectivity index (χ1v) is 8.47. The normalized spacial score (nSPS) is 17.9. The minimum Gasteiger partial charge on any atom is -0.464 e. The Morgan fingerprint density at radius 3 is 2.43 bits per heavy atom. The molecule has 0 aromatic carbocycles. The van der Waals surface area contributed by atoms with Crippen LogP contribution in [-0.2, 0) is 21.8 Å². The molecule has 0 amide bonds. The van der Waals surface area contributed by atoms with Crippen LogP contribution in [0.15, 0.2) is 11.0 Å². The zero-order valence-electron chi connectivity index (χ0n) is 12.9. The monoisotopic (exact) mass is 314 g/mol. The highest BCUT2D eigenvalue weighted by atomic mass is 32.2. The van der Waals surface area contributed by atoms with Gasteiger partial charge in [-0.2, -0.15) is 4.31 Å². The van der Waals surface area contributed by atoms with E-state index in [1.54, 1.807) is 18.5 Å². The third-order valence-corrected chi connectivity index (χ3v) is 6.26. The molecule has 0 aliphatic carbocycles. The molecule has 0 radical (unpaired) electrons. The lowest BCUT2D eigenvalue weighted by molar-refractivity contribution is 0.0589. The highest BCUT2D eigenvalue weighted by Gasteiger charge is 2.32. The minimum absolute atomic E-state index is 0.194. The van der Waals surface area contributed by atoms with Crippen molar-refractivity contribution in [3.05, 3.63) is 17.5 Å². The molecule has 1 fully saturated rings. The predicted octanol–water partition coefficient (Wildman–Crippen LogP) is 1.54. The first kappa shape index (κ1) is 16.0. The van der Waals surface area contributed by atoms with Crippen molar-refractivity contribution in [2.75, 3.05) is 20.2 Å². The summed E-state index contributed by atoms with van der Waals surface area (Å²) in [7, 11) is -0.607. The van der Waals surface area contributed by atoms with Crippen molar-refractivity contribution in [1.82, 2.24) is 8.87 Å². The Bertz CT molecular complexity index is 640. The van der Waals surface area contributed by atoms with Gasteiger partial charge in [-0.15, -0.1) is 0 Å². The number of hydrogen-bond donors (Lipinski definition) is 0. The number of carbonyl (C=O) groups excluding carboxylic acids is 1. The molecule has 1 aromatic rings. The number of nitrogens with zero attached hydrogens (tertiary/aromatic N) is 2. The maximum atomic E-state index is 12.8. The molecular formula is C14H22N2O4S. The van der Waals surface area contributed by atoms with E-state index in [1.807, 2.05) is 0 Å². The number of aromatic nitrogens is 1. The molecule has 7 heteroatoms. The van der Waals surface area contributed by atoms with Gasteiger partial charge in [0.2, 0.25) is 10.0 Å². The maximum absolute atomic E-state index is 12.8. The largest absolute Gasteiger partial charge is 0.464 e. The summed E-state index contributed by atoms with van der Waals surface area (Å²) in [6.45, 7) is 4.90. The van der Waals surface area contributed by atoms with E-state index in [4.69, 9.17) is 0 Å². The Kier molecular flexibility index (Phi) is 4.43. The van der Waals surface area contributed by atoms with Crippen molar-refractivity contribution in [2.45, 2.75) is 31.6 Å². The Morgan fingerprint density at radius 2 is 1.90 bits per heavy atom. The Morgan fingerprint density at radius 1 is 1.33 bits per heavy atom. The molecule has 2 heterocycles. The number of ether oxygens (including phenoxy) is 1. The fraction of sp³-hybridized carbons (Fsp3) is 0.643. The molecule has 1 aromatic heterocycles. The van der Waals surface area contributed by atoms with E-state index in [2.05, 4.69) is 11.7 Å². The molecule has 118 valence electrons. The van der Waals surface area contributed by atoms with Crippen LogP contribution in [0.4, 0.5) is 0 Å². The summed E-state index contributed by atoms with van der Waals surface area (Å²) in [6, 6.07) is 1.41. The topological polar surface area (TPSA) is 68.6 Å². The molecule has 21 heavy (non-hydrogen) atoms. The van der Waals surface area contributed by atoms with Gasteiger partial charge in [0.05, 0.1) is 7.11 Å². The van der Waals surface area contributed by atoms with E-state index in [9.17, 15) is 13.2 Å². The average molecular weight is 314 g/mol. The zero-order valence-corrected chi connectivity index (χ0v) is 13.7. The van der Waals surface area contributed by atoms with Crippen molar-refractivity contribution in [1.29, 1.82) is 0 Å². The number of esters is 1. The fourth-order valence-corrected chi connectivity index (χ4v) is 4.34. The van der Waals surface area contributed by atoms with E-state index >= 15 is 0 Å². The predicted molar refractivity (Wildman–Crippen MR) is 78.6 cm³/mol. The van der Waals surface area contributed by atoms with Crippen LogP contribution in [0.5, 0.6) is 0 Å². The molecular weight excluding hydrogens is 292 g/mol. The van der Waals surface area contributed by atoms with Crippen molar-refractivity contribution in [3.63, 3.8) is 0 Å². The average Bonchev–Trinajstić information content (AvgIpc) is 2.75. The van der Waals surface area contributed by atoms with Crippen molar-refractivity contribution in [3.8, 4) is 0 Å². The van der Waals surface area contributed by atoms with Gasteiger partial charge in [-0.3, -0.25) is 0 Å². The molecule has 1 aliphatic heterocycles. The molecule has 1 aliphatic rings. The van der Waals surface area contributed by atoms with Gasteiger partial charge in [0.25, 0.3) is 0 Å². The van der Waals surface area contributed by atoms with Gasteiger partial charge in [-0.1, -0.05) is 6.92 Å². The van der Waals surface area contributed by atoms with Gasteiger partial charge in [-0.05, 0) is 31.7 Å². The van der Waals surface area contributed by atoms with Gasteiger partial charge in [-0.25, -0.2) is 13.2 Å². The molecule has 1 saturated heterocycles. The third kappa shape index (κ3) is 2.85. The van der Waals surface area contributed by atoms with Crippen LogP contribution in [0.2, 0.25) is 0 Å². The van der Waals surface area contributed by atoms with Gasteiger partial charge in [0.1, 0.15) is 10.6 Å². The van der Waals surface area contributed by atoms with E-state index in [1.165, 1.54) is 17.5 Å². The van der Waals surface area contributed by atoms with Gasteiger partial charge >= 0.3 is 5.97 Å². The lowest BCUT2D eigenvalue weighted by atomic mass is 10.0. The SMILES string of the molecule is COC(=O)c1cc(S(=O)(=O)N2CCC(C)CC2)c(C)n1C. The van der Waals surface area contributed by atoms with Gasteiger partial charge in [0, 0.05) is 25.8 Å². The van der Waals surface area contributed by atoms with Crippen LogP contribution < -0.4 is 0 Å². The van der Waals surface area contributed by atoms with Gasteiger partial charge < -0.3 is 9.30 Å². The number of hydrogen-bond acceptors (Lipinski definition) is 4. The smallest absolute Gasteiger partial charge is 0.354 e. The number of carbonyl (C=O) groups is 1. The second kappa shape index (κ2) is 5.81. The summed E-state index contributed by atoms with van der Waals surface area (Å²) < 4.78 is 33.3. The number of piperidine rings is 1. The summed E-state index contributed by atoms with van der Waals surface area (Å²) in [4.78, 5) is 11.9. The quantitative estimate of drug-likeness (QED) is 0.794. The standard InChI is InChI=1S/C14H22N2O4S/c1-10-5-7-16(8-6-10)21(18,19)13-9-12(14(17)20-4)15(3)11(13)2/h9-10H,5-8H2,1-4H3. The van der Waals surface area contributed by atoms with E-state index in [-0.39, 0.29) is 10.6 Å². The summed E-state index contributed by atoms with van der Waals surface area (Å²) >= 11 is 0. The molecule has 0 N–H and O–H groups in total. The lowest BCUT2D eigenvalue weighted by Gasteiger charge is -2.29. The molecule has 0 unspecified atom stereocenters. The minimum atomic E-state index is -3.55. The van der Waals surface area contributed by atoms with Gasteiger partial charge in [0.15, 0.2) is 0 Å². The summed E-state index contributed by atoms with van der Waals surface area (Å²) in [5.41, 5.74) is 0.799. The van der Waals surface area contributed by atoms with Crippen molar-refractivity contribution < 1.29 is 17.9 Å². The molecule has 0 spiro atoms. The van der Waals surface area contributed by atoms with Crippen LogP contribution in [0.25, 0.3) is 0 Å². The van der Waals surface area contributed by atoms with Crippen LogP contribution >= 0.6 is 0 Å². The second-order valence-electron chi connectivity index (χ2n) is 5.62. The molecule has 2 rings (SSSR count). The summed E-state index contributed by atoms with van der Waals surface area (Å²) in [6.07, 6.45) is 1.74. The van der Waals surface area contributed by atoms with E-state index in [0.29, 0.717) is 24.7 Å². The number of sulfonamides is 1. The first-order valence-electron chi connectivity index (χ1n) is 7.03. The highest BCUT2D eigenvalue weighted by molar-refractivity contribution is 7.89. The number of rotatable bonds is 3. The zero-order chi connectivity index (χ0) is 15.8. The number of methoxy groups -OCH3 is 1. The summed E-state index contributed by atoms with van der Waals surface area (Å²) in [5, 5.41) is 0. The van der Waals surface area contributed by atoms with Crippen molar-refractivity contribution in [2.24, 2.45) is 13.0 Å². The van der Waals surface area contributed by atoms with Crippen LogP contribution in [0.1, 0.15) is 35.9 Å². The summed E-state index contributed by atoms with van der Waals surface area (Å²) in [5.74, 6) is 0.0215. The van der Waals surface area contributed by atoms with Crippen LogP contribution in [0, 0.1) is 12.8 Å². The molecule has 6 nitrogen and oxygen atoms in total. The van der Waals surface area contributed by atoms with Crippen LogP contribution in [-0.4, -0.2) is 43.5 Å². The van der Waals surface area contributed by atoms with E-state index in [0.717, 1.165) is 12.8 Å². The van der Waals surface area contributed by atoms with Crippen molar-refractivity contribution >= 4 is 16.0 Å². The molecule has 0 bridgehead atoms. The Hall–Kier alpha value is -1.34. The fourth-order valence-electron chi connectivity index (χ4n) is 2.60. The molecule has 0 saturated carbocycles. The third-order valence-electron chi connectivity index (χ3n) is 4.24. The first-order chi connectivity index (χ1) is 9.78. The second-order valence-corrected chi connectivity index (χ2v) is 7.52. The Labute approximate surface area is 125 Å². The highest BCUT2D eigenvalue weighted by Crippen LogP contribution is 2.27. The Balaban J connectivity index is 2.39.